The molecule has 0 bridgehead atoms. The third-order valence-corrected chi connectivity index (χ3v) is 4.50. The molecule has 1 unspecified atom stereocenters. The molecule has 110 valence electrons. The Hall–Kier alpha value is -1.00. The number of hydrogen-bond donors (Lipinski definition) is 1. The van der Waals surface area contributed by atoms with Crippen molar-refractivity contribution in [2.45, 2.75) is 50.7 Å². The molecular formula is C16H22F2N2. The maximum Gasteiger partial charge on any atom is 0.128 e. The monoisotopic (exact) mass is 280 g/mol. The van der Waals surface area contributed by atoms with E-state index in [0.717, 1.165) is 32.0 Å². The Morgan fingerprint density at radius 1 is 1.15 bits per heavy atom. The van der Waals surface area contributed by atoms with E-state index < -0.39 is 0 Å². The molecule has 0 aromatic heterocycles. The molecule has 1 atom stereocenters. The summed E-state index contributed by atoms with van der Waals surface area (Å²) >= 11 is 0. The van der Waals surface area contributed by atoms with E-state index in [1.807, 2.05) is 6.92 Å². The highest BCUT2D eigenvalue weighted by Gasteiger charge is 2.32. The first-order valence-corrected chi connectivity index (χ1v) is 7.58. The number of likely N-dealkylation sites (tertiary alicyclic amines) is 1. The largest absolute Gasteiger partial charge is 0.307 e. The highest BCUT2D eigenvalue weighted by molar-refractivity contribution is 5.22. The van der Waals surface area contributed by atoms with E-state index in [1.165, 1.54) is 31.0 Å². The van der Waals surface area contributed by atoms with Gasteiger partial charge in [-0.2, -0.15) is 0 Å². The predicted octanol–water partition coefficient (Wildman–Crippen LogP) is 3.24. The van der Waals surface area contributed by atoms with Gasteiger partial charge in [0.25, 0.3) is 0 Å². The van der Waals surface area contributed by atoms with E-state index in [-0.39, 0.29) is 17.7 Å². The Bertz CT molecular complexity index is 466. The molecule has 1 aliphatic carbocycles. The zero-order chi connectivity index (χ0) is 14.1. The van der Waals surface area contributed by atoms with Gasteiger partial charge in [-0.05, 0) is 63.9 Å². The van der Waals surface area contributed by atoms with Gasteiger partial charge in [0.15, 0.2) is 0 Å². The first-order valence-electron chi connectivity index (χ1n) is 7.58. The van der Waals surface area contributed by atoms with E-state index in [9.17, 15) is 8.78 Å². The van der Waals surface area contributed by atoms with Crippen LogP contribution in [0.4, 0.5) is 8.78 Å². The van der Waals surface area contributed by atoms with Crippen LogP contribution in [0.5, 0.6) is 0 Å². The molecule has 3 rings (SSSR count). The minimum absolute atomic E-state index is 0.150. The van der Waals surface area contributed by atoms with Crippen molar-refractivity contribution >= 4 is 0 Å². The minimum Gasteiger partial charge on any atom is -0.307 e. The fourth-order valence-corrected chi connectivity index (χ4v) is 3.16. The number of rotatable bonds is 4. The lowest BCUT2D eigenvalue weighted by Gasteiger charge is -2.34. The van der Waals surface area contributed by atoms with Gasteiger partial charge >= 0.3 is 0 Å². The summed E-state index contributed by atoms with van der Waals surface area (Å²) in [6, 6.07) is 4.75. The van der Waals surface area contributed by atoms with E-state index in [4.69, 9.17) is 0 Å². The van der Waals surface area contributed by atoms with Gasteiger partial charge in [0.05, 0.1) is 0 Å². The van der Waals surface area contributed by atoms with E-state index in [2.05, 4.69) is 10.2 Å². The maximum atomic E-state index is 13.7. The van der Waals surface area contributed by atoms with Crippen molar-refractivity contribution in [3.63, 3.8) is 0 Å². The summed E-state index contributed by atoms with van der Waals surface area (Å²) in [5, 5.41) is 3.45. The molecule has 1 aliphatic heterocycles. The zero-order valence-corrected chi connectivity index (χ0v) is 11.9. The highest BCUT2D eigenvalue weighted by Crippen LogP contribution is 2.30. The Morgan fingerprint density at radius 2 is 1.85 bits per heavy atom. The van der Waals surface area contributed by atoms with Crippen molar-refractivity contribution in [1.82, 2.24) is 10.2 Å². The van der Waals surface area contributed by atoms with Crippen LogP contribution in [0.25, 0.3) is 0 Å². The first kappa shape index (κ1) is 14.0. The Morgan fingerprint density at radius 3 is 2.50 bits per heavy atom. The average Bonchev–Trinajstić information content (AvgIpc) is 3.27. The molecule has 1 N–H and O–H groups in total. The molecule has 1 saturated heterocycles. The third kappa shape index (κ3) is 3.18. The van der Waals surface area contributed by atoms with Gasteiger partial charge in [-0.15, -0.1) is 0 Å². The summed E-state index contributed by atoms with van der Waals surface area (Å²) in [6.07, 6.45) is 4.89. The van der Waals surface area contributed by atoms with Crippen molar-refractivity contribution in [1.29, 1.82) is 0 Å². The number of piperidine rings is 1. The molecule has 2 fully saturated rings. The standard InChI is InChI=1S/C16H22F2N2/c1-11(15-10-12(17)2-5-16(15)18)19-13-6-8-20(9-7-13)14-3-4-14/h2,5,10-11,13-14,19H,3-4,6-9H2,1H3. The average molecular weight is 280 g/mol. The van der Waals surface area contributed by atoms with Crippen molar-refractivity contribution in [2.75, 3.05) is 13.1 Å². The van der Waals surface area contributed by atoms with Gasteiger partial charge in [0.1, 0.15) is 11.6 Å². The fraction of sp³-hybridized carbons (Fsp3) is 0.625. The number of hydrogen-bond acceptors (Lipinski definition) is 2. The van der Waals surface area contributed by atoms with Crippen LogP contribution < -0.4 is 5.32 Å². The van der Waals surface area contributed by atoms with Crippen LogP contribution in [0.15, 0.2) is 18.2 Å². The predicted molar refractivity (Wildman–Crippen MR) is 75.5 cm³/mol. The minimum atomic E-state index is -0.376. The molecule has 1 aromatic carbocycles. The Labute approximate surface area is 119 Å². The van der Waals surface area contributed by atoms with Gasteiger partial charge in [0.2, 0.25) is 0 Å². The van der Waals surface area contributed by atoms with Crippen molar-refractivity contribution < 1.29 is 8.78 Å². The summed E-state index contributed by atoms with van der Waals surface area (Å²) in [6.45, 7) is 4.16. The molecular weight excluding hydrogens is 258 g/mol. The van der Waals surface area contributed by atoms with Crippen LogP contribution >= 0.6 is 0 Å². The highest BCUT2D eigenvalue weighted by atomic mass is 19.1. The van der Waals surface area contributed by atoms with Gasteiger partial charge in [0, 0.05) is 23.7 Å². The van der Waals surface area contributed by atoms with Crippen molar-refractivity contribution in [3.05, 3.63) is 35.4 Å². The Balaban J connectivity index is 1.56. The number of nitrogens with zero attached hydrogens (tertiary/aromatic N) is 1. The second-order valence-electron chi connectivity index (χ2n) is 6.10. The second kappa shape index (κ2) is 5.78. The number of halogens is 2. The van der Waals surface area contributed by atoms with E-state index >= 15 is 0 Å². The maximum absolute atomic E-state index is 13.7. The SMILES string of the molecule is CC(NC1CCN(C2CC2)CC1)c1cc(F)ccc1F. The summed E-state index contributed by atoms with van der Waals surface area (Å²) in [5.41, 5.74) is 0.426. The third-order valence-electron chi connectivity index (χ3n) is 4.50. The molecule has 20 heavy (non-hydrogen) atoms. The molecule has 0 spiro atoms. The zero-order valence-electron chi connectivity index (χ0n) is 11.9. The smallest absolute Gasteiger partial charge is 0.128 e. The summed E-state index contributed by atoms with van der Waals surface area (Å²) in [5.74, 6) is -0.708. The molecule has 2 aliphatic rings. The lowest BCUT2D eigenvalue weighted by molar-refractivity contribution is 0.184. The molecule has 0 amide bonds. The van der Waals surface area contributed by atoms with Crippen LogP contribution in [0, 0.1) is 11.6 Å². The lowest BCUT2D eigenvalue weighted by atomic mass is 10.0. The van der Waals surface area contributed by atoms with Crippen molar-refractivity contribution in [3.8, 4) is 0 Å². The first-order chi connectivity index (χ1) is 9.63. The van der Waals surface area contributed by atoms with E-state index in [0.29, 0.717) is 11.6 Å². The molecule has 2 nitrogen and oxygen atoms in total. The Kier molecular flexibility index (Phi) is 4.03. The summed E-state index contributed by atoms with van der Waals surface area (Å²) in [4.78, 5) is 2.56. The quantitative estimate of drug-likeness (QED) is 0.911. The van der Waals surface area contributed by atoms with Crippen molar-refractivity contribution in [2.24, 2.45) is 0 Å². The number of benzene rings is 1. The fourth-order valence-electron chi connectivity index (χ4n) is 3.16. The normalized spacial score (nSPS) is 22.9. The number of nitrogens with one attached hydrogen (secondary N) is 1. The molecule has 1 aromatic rings. The molecule has 1 saturated carbocycles. The topological polar surface area (TPSA) is 15.3 Å². The van der Waals surface area contributed by atoms with Gasteiger partial charge in [-0.1, -0.05) is 0 Å². The van der Waals surface area contributed by atoms with Crippen LogP contribution in [0.1, 0.15) is 44.2 Å². The second-order valence-corrected chi connectivity index (χ2v) is 6.10. The van der Waals surface area contributed by atoms with Gasteiger partial charge in [-0.25, -0.2) is 8.78 Å². The van der Waals surface area contributed by atoms with Gasteiger partial charge < -0.3 is 10.2 Å². The van der Waals surface area contributed by atoms with Crippen LogP contribution in [-0.4, -0.2) is 30.1 Å². The van der Waals surface area contributed by atoms with Gasteiger partial charge in [-0.3, -0.25) is 0 Å². The molecule has 4 heteroatoms. The summed E-state index contributed by atoms with van der Waals surface area (Å²) < 4.78 is 27.0. The van der Waals surface area contributed by atoms with Crippen LogP contribution in [-0.2, 0) is 0 Å². The molecule has 1 heterocycles. The molecule has 0 radical (unpaired) electrons. The van der Waals surface area contributed by atoms with E-state index in [1.54, 1.807) is 0 Å². The van der Waals surface area contributed by atoms with Crippen LogP contribution in [0.3, 0.4) is 0 Å². The lowest BCUT2D eigenvalue weighted by Crippen LogP contribution is -2.44. The summed E-state index contributed by atoms with van der Waals surface area (Å²) in [7, 11) is 0. The van der Waals surface area contributed by atoms with Crippen LogP contribution in [0.2, 0.25) is 0 Å².